The largest absolute Gasteiger partial charge is 0.496 e. The SMILES string of the molecule is COc1c(/C(C)=C/C(=O)Nc2ccc(OCc3ccccc3)cc2)cc2c3c(oc2c1C)CCCC3. The summed E-state index contributed by atoms with van der Waals surface area (Å²) in [7, 11) is 1.66. The summed E-state index contributed by atoms with van der Waals surface area (Å²) in [5.74, 6) is 2.39. The lowest BCUT2D eigenvalue weighted by Gasteiger charge is -2.14. The smallest absolute Gasteiger partial charge is 0.248 e. The van der Waals surface area contributed by atoms with Crippen LogP contribution < -0.4 is 14.8 Å². The van der Waals surface area contributed by atoms with Gasteiger partial charge in [-0.1, -0.05) is 30.3 Å². The van der Waals surface area contributed by atoms with Crippen LogP contribution >= 0.6 is 0 Å². The second kappa shape index (κ2) is 10.3. The number of allylic oxidation sites excluding steroid dienone is 1. The van der Waals surface area contributed by atoms with Gasteiger partial charge in [-0.25, -0.2) is 0 Å². The van der Waals surface area contributed by atoms with Gasteiger partial charge in [0.15, 0.2) is 0 Å². The highest BCUT2D eigenvalue weighted by Crippen LogP contribution is 2.41. The van der Waals surface area contributed by atoms with Crippen LogP contribution in [0.2, 0.25) is 0 Å². The molecule has 0 saturated carbocycles. The molecule has 1 aliphatic carbocycles. The number of carbonyl (C=O) groups is 1. The zero-order valence-electron chi connectivity index (χ0n) is 21.0. The van der Waals surface area contributed by atoms with Gasteiger partial charge in [-0.05, 0) is 74.6 Å². The second-order valence-electron chi connectivity index (χ2n) is 9.29. The summed E-state index contributed by atoms with van der Waals surface area (Å²) in [4.78, 5) is 12.8. The van der Waals surface area contributed by atoms with Crippen molar-refractivity contribution >= 4 is 28.1 Å². The summed E-state index contributed by atoms with van der Waals surface area (Å²) < 4.78 is 17.8. The van der Waals surface area contributed by atoms with Crippen LogP contribution in [0.15, 0.2) is 71.2 Å². The first-order chi connectivity index (χ1) is 17.5. The molecule has 0 bridgehead atoms. The molecule has 1 amide bonds. The highest BCUT2D eigenvalue weighted by molar-refractivity contribution is 6.05. The Morgan fingerprint density at radius 2 is 1.81 bits per heavy atom. The standard InChI is InChI=1S/C31H31NO4/c1-20(26-18-27-25-11-7-8-12-28(25)36-31(27)21(2)30(26)34-3)17-29(33)32-23-13-15-24(16-14-23)35-19-22-9-5-4-6-10-22/h4-6,9-10,13-18H,7-8,11-12,19H2,1-3H3,(H,32,33)/b20-17+. The van der Waals surface area contributed by atoms with Gasteiger partial charge in [0.25, 0.3) is 0 Å². The maximum Gasteiger partial charge on any atom is 0.248 e. The Kier molecular flexibility index (Phi) is 6.81. The minimum absolute atomic E-state index is 0.195. The summed E-state index contributed by atoms with van der Waals surface area (Å²) in [6, 6.07) is 19.5. The van der Waals surface area contributed by atoms with Crippen molar-refractivity contribution in [3.63, 3.8) is 0 Å². The molecule has 0 radical (unpaired) electrons. The molecule has 0 atom stereocenters. The van der Waals surface area contributed by atoms with E-state index >= 15 is 0 Å². The summed E-state index contributed by atoms with van der Waals surface area (Å²) in [6.45, 7) is 4.46. The van der Waals surface area contributed by atoms with Crippen molar-refractivity contribution in [2.75, 3.05) is 12.4 Å². The molecule has 1 aliphatic rings. The van der Waals surface area contributed by atoms with E-state index in [1.54, 1.807) is 13.2 Å². The molecule has 0 unspecified atom stereocenters. The van der Waals surface area contributed by atoms with Gasteiger partial charge in [-0.3, -0.25) is 4.79 Å². The molecule has 1 aromatic heterocycles. The lowest BCUT2D eigenvalue weighted by molar-refractivity contribution is -0.111. The predicted octanol–water partition coefficient (Wildman–Crippen LogP) is 7.25. The van der Waals surface area contributed by atoms with E-state index in [1.807, 2.05) is 68.4 Å². The first-order valence-corrected chi connectivity index (χ1v) is 12.4. The third-order valence-electron chi connectivity index (χ3n) is 6.77. The molecular weight excluding hydrogens is 450 g/mol. The normalized spacial score (nSPS) is 13.4. The van der Waals surface area contributed by atoms with Crippen molar-refractivity contribution < 1.29 is 18.7 Å². The molecule has 0 spiro atoms. The molecule has 1 N–H and O–H groups in total. The molecule has 0 saturated heterocycles. The highest BCUT2D eigenvalue weighted by Gasteiger charge is 2.23. The Labute approximate surface area is 211 Å². The summed E-state index contributed by atoms with van der Waals surface area (Å²) in [5, 5.41) is 4.08. The van der Waals surface area contributed by atoms with E-state index in [2.05, 4.69) is 11.4 Å². The van der Waals surface area contributed by atoms with Crippen LogP contribution in [-0.4, -0.2) is 13.0 Å². The van der Waals surface area contributed by atoms with E-state index in [0.717, 1.165) is 69.8 Å². The van der Waals surface area contributed by atoms with Gasteiger partial charge in [-0.2, -0.15) is 0 Å². The topological polar surface area (TPSA) is 60.7 Å². The summed E-state index contributed by atoms with van der Waals surface area (Å²) in [5.41, 5.74) is 6.73. The van der Waals surface area contributed by atoms with Crippen molar-refractivity contribution in [2.45, 2.75) is 46.1 Å². The van der Waals surface area contributed by atoms with Gasteiger partial charge in [-0.15, -0.1) is 0 Å². The second-order valence-corrected chi connectivity index (χ2v) is 9.29. The molecule has 1 heterocycles. The van der Waals surface area contributed by atoms with E-state index < -0.39 is 0 Å². The van der Waals surface area contributed by atoms with E-state index in [9.17, 15) is 4.79 Å². The molecule has 0 fully saturated rings. The lowest BCUT2D eigenvalue weighted by Crippen LogP contribution is -2.09. The number of aryl methyl sites for hydroxylation is 3. The number of ether oxygens (including phenoxy) is 2. The van der Waals surface area contributed by atoms with Gasteiger partial charge < -0.3 is 19.2 Å². The summed E-state index contributed by atoms with van der Waals surface area (Å²) in [6.07, 6.45) is 5.97. The van der Waals surface area contributed by atoms with Crippen LogP contribution in [-0.2, 0) is 24.2 Å². The monoisotopic (exact) mass is 481 g/mol. The number of fused-ring (bicyclic) bond motifs is 3. The quantitative estimate of drug-likeness (QED) is 0.282. The minimum Gasteiger partial charge on any atom is -0.496 e. The lowest BCUT2D eigenvalue weighted by atomic mass is 9.93. The Morgan fingerprint density at radius 1 is 1.06 bits per heavy atom. The van der Waals surface area contributed by atoms with Crippen molar-refractivity contribution in [1.82, 2.24) is 0 Å². The van der Waals surface area contributed by atoms with E-state index in [0.29, 0.717) is 12.3 Å². The molecule has 36 heavy (non-hydrogen) atoms. The summed E-state index contributed by atoms with van der Waals surface area (Å²) >= 11 is 0. The number of nitrogens with one attached hydrogen (secondary N) is 1. The number of methoxy groups -OCH3 is 1. The Balaban J connectivity index is 1.32. The number of hydrogen-bond acceptors (Lipinski definition) is 4. The third kappa shape index (κ3) is 4.87. The van der Waals surface area contributed by atoms with Crippen LogP contribution in [0.25, 0.3) is 16.5 Å². The number of rotatable bonds is 7. The van der Waals surface area contributed by atoms with E-state index in [4.69, 9.17) is 13.9 Å². The number of carbonyl (C=O) groups excluding carboxylic acids is 1. The minimum atomic E-state index is -0.195. The Hall–Kier alpha value is -3.99. The van der Waals surface area contributed by atoms with Crippen LogP contribution in [0.3, 0.4) is 0 Å². The van der Waals surface area contributed by atoms with Gasteiger partial charge in [0, 0.05) is 40.3 Å². The average Bonchev–Trinajstić information content (AvgIpc) is 3.28. The Morgan fingerprint density at radius 3 is 2.56 bits per heavy atom. The van der Waals surface area contributed by atoms with E-state index in [1.165, 1.54) is 12.0 Å². The van der Waals surface area contributed by atoms with Crippen LogP contribution in [0.5, 0.6) is 11.5 Å². The van der Waals surface area contributed by atoms with Crippen molar-refractivity contribution in [2.24, 2.45) is 0 Å². The number of hydrogen-bond donors (Lipinski definition) is 1. The van der Waals surface area contributed by atoms with Crippen molar-refractivity contribution in [3.05, 3.63) is 94.8 Å². The number of amides is 1. The van der Waals surface area contributed by atoms with Gasteiger partial charge in [0.1, 0.15) is 29.4 Å². The predicted molar refractivity (Wildman–Crippen MR) is 144 cm³/mol. The molecule has 0 aliphatic heterocycles. The molecule has 5 heteroatoms. The maximum atomic E-state index is 12.8. The fraction of sp³-hybridized carbons (Fsp3) is 0.258. The molecule has 184 valence electrons. The Bertz CT molecular complexity index is 1410. The van der Waals surface area contributed by atoms with Gasteiger partial charge in [0.05, 0.1) is 7.11 Å². The van der Waals surface area contributed by atoms with Crippen molar-refractivity contribution in [3.8, 4) is 11.5 Å². The fourth-order valence-corrected chi connectivity index (χ4v) is 4.92. The zero-order chi connectivity index (χ0) is 25.1. The number of anilines is 1. The molecule has 5 rings (SSSR count). The van der Waals surface area contributed by atoms with Crippen molar-refractivity contribution in [1.29, 1.82) is 0 Å². The van der Waals surface area contributed by atoms with Gasteiger partial charge >= 0.3 is 0 Å². The third-order valence-corrected chi connectivity index (χ3v) is 6.77. The molecular formula is C31H31NO4. The molecule has 3 aromatic carbocycles. The van der Waals surface area contributed by atoms with Crippen LogP contribution in [0.1, 0.15) is 47.8 Å². The molecule has 4 aromatic rings. The number of furan rings is 1. The fourth-order valence-electron chi connectivity index (χ4n) is 4.92. The highest BCUT2D eigenvalue weighted by atomic mass is 16.5. The maximum absolute atomic E-state index is 12.8. The first kappa shape index (κ1) is 23.7. The van der Waals surface area contributed by atoms with Crippen LogP contribution in [0.4, 0.5) is 5.69 Å². The zero-order valence-corrected chi connectivity index (χ0v) is 21.0. The van der Waals surface area contributed by atoms with E-state index in [-0.39, 0.29) is 5.91 Å². The first-order valence-electron chi connectivity index (χ1n) is 12.4. The van der Waals surface area contributed by atoms with Gasteiger partial charge in [0.2, 0.25) is 5.91 Å². The molecule has 5 nitrogen and oxygen atoms in total. The average molecular weight is 482 g/mol. The van der Waals surface area contributed by atoms with Crippen LogP contribution in [0, 0.1) is 6.92 Å². The number of benzene rings is 3.